The Hall–Kier alpha value is -2.52. The number of nitriles is 1. The van der Waals surface area contributed by atoms with Crippen molar-refractivity contribution in [3.8, 4) is 6.07 Å². The van der Waals surface area contributed by atoms with Crippen LogP contribution < -0.4 is 0 Å². The van der Waals surface area contributed by atoms with E-state index in [0.29, 0.717) is 17.2 Å². The Bertz CT molecular complexity index is 620. The lowest BCUT2D eigenvalue weighted by Gasteiger charge is -2.19. The van der Waals surface area contributed by atoms with Crippen molar-refractivity contribution >= 4 is 23.6 Å². The Kier molecular flexibility index (Phi) is 7.64. The zero-order chi connectivity index (χ0) is 17.2. The van der Waals surface area contributed by atoms with E-state index in [1.54, 1.807) is 44.2 Å². The second-order valence-electron chi connectivity index (χ2n) is 4.32. The molecule has 0 aliphatic rings. The molecule has 0 saturated carbocycles. The lowest BCUT2D eigenvalue weighted by atomic mass is 10.2. The fraction of sp³-hybridized carbons (Fsp3) is 0.312. The van der Waals surface area contributed by atoms with E-state index in [1.807, 2.05) is 0 Å². The minimum Gasteiger partial charge on any atom is -0.500 e. The van der Waals surface area contributed by atoms with E-state index in [1.165, 1.54) is 0 Å². The molecule has 0 fully saturated rings. The first-order valence-corrected chi connectivity index (χ1v) is 7.36. The van der Waals surface area contributed by atoms with Crippen molar-refractivity contribution in [2.24, 2.45) is 0 Å². The van der Waals surface area contributed by atoms with E-state index >= 15 is 0 Å². The van der Waals surface area contributed by atoms with Gasteiger partial charge in [-0.05, 0) is 31.5 Å². The summed E-state index contributed by atoms with van der Waals surface area (Å²) < 4.78 is 9.84. The molecule has 6 nitrogen and oxygen atoms in total. The molecule has 0 aromatic heterocycles. The summed E-state index contributed by atoms with van der Waals surface area (Å²) in [6, 6.07) is 8.38. The Morgan fingerprint density at radius 2 is 1.91 bits per heavy atom. The maximum absolute atomic E-state index is 12.4. The van der Waals surface area contributed by atoms with Crippen LogP contribution in [-0.2, 0) is 20.8 Å². The molecule has 23 heavy (non-hydrogen) atoms. The monoisotopic (exact) mass is 336 g/mol. The predicted octanol–water partition coefficient (Wildman–Crippen LogP) is 3.27. The molecule has 0 saturated heterocycles. The van der Waals surface area contributed by atoms with Crippen molar-refractivity contribution in [3.05, 3.63) is 46.7 Å². The van der Waals surface area contributed by atoms with Crippen LogP contribution in [0.4, 0.5) is 4.79 Å². The van der Waals surface area contributed by atoms with Gasteiger partial charge in [0.15, 0.2) is 5.57 Å². The minimum atomic E-state index is -0.829. The van der Waals surface area contributed by atoms with E-state index in [4.69, 9.17) is 26.3 Å². The van der Waals surface area contributed by atoms with Gasteiger partial charge in [0.05, 0.1) is 19.8 Å². The summed E-state index contributed by atoms with van der Waals surface area (Å²) in [5, 5.41) is 9.61. The van der Waals surface area contributed by atoms with Crippen LogP contribution in [0.1, 0.15) is 19.4 Å². The third-order valence-corrected chi connectivity index (χ3v) is 2.96. The molecule has 0 unspecified atom stereocenters. The number of hydrogen-bond donors (Lipinski definition) is 0. The van der Waals surface area contributed by atoms with Crippen LogP contribution in [0, 0.1) is 11.3 Å². The summed E-state index contributed by atoms with van der Waals surface area (Å²) >= 11 is 5.81. The predicted molar refractivity (Wildman–Crippen MR) is 84.3 cm³/mol. The van der Waals surface area contributed by atoms with Crippen LogP contribution in [0.2, 0.25) is 5.02 Å². The number of carbonyl (C=O) groups is 2. The molecule has 0 aliphatic carbocycles. The van der Waals surface area contributed by atoms with Crippen LogP contribution in [0.5, 0.6) is 0 Å². The molecule has 0 heterocycles. The molecule has 0 N–H and O–H groups in total. The van der Waals surface area contributed by atoms with Crippen molar-refractivity contribution in [3.63, 3.8) is 0 Å². The third kappa shape index (κ3) is 5.64. The fourth-order valence-electron chi connectivity index (χ4n) is 1.63. The van der Waals surface area contributed by atoms with Crippen molar-refractivity contribution in [1.29, 1.82) is 5.26 Å². The SMILES string of the molecule is CCO/C=C(\C#N)C(=O)N(Cc1ccc(Cl)cc1)C(=O)OCC. The quantitative estimate of drug-likeness (QED) is 0.452. The second kappa shape index (κ2) is 9.49. The summed E-state index contributed by atoms with van der Waals surface area (Å²) in [7, 11) is 0. The number of nitrogens with zero attached hydrogens (tertiary/aromatic N) is 2. The molecule has 1 aromatic rings. The first-order valence-electron chi connectivity index (χ1n) is 6.98. The van der Waals surface area contributed by atoms with Crippen molar-refractivity contribution < 1.29 is 19.1 Å². The summed E-state index contributed by atoms with van der Waals surface area (Å²) in [5.41, 5.74) is 0.387. The number of benzene rings is 1. The molecule has 0 aliphatic heterocycles. The molecule has 1 aromatic carbocycles. The largest absolute Gasteiger partial charge is 0.500 e. The molecule has 2 amide bonds. The van der Waals surface area contributed by atoms with Crippen LogP contribution >= 0.6 is 11.6 Å². The Morgan fingerprint density at radius 1 is 1.26 bits per heavy atom. The summed E-state index contributed by atoms with van der Waals surface area (Å²) in [6.45, 7) is 3.71. The van der Waals surface area contributed by atoms with Crippen LogP contribution in [0.3, 0.4) is 0 Å². The van der Waals surface area contributed by atoms with Gasteiger partial charge in [0.2, 0.25) is 0 Å². The lowest BCUT2D eigenvalue weighted by molar-refractivity contribution is -0.125. The first kappa shape index (κ1) is 18.5. The average molecular weight is 337 g/mol. The number of carbonyl (C=O) groups excluding carboxylic acids is 2. The van der Waals surface area contributed by atoms with Gasteiger partial charge in [-0.1, -0.05) is 23.7 Å². The second-order valence-corrected chi connectivity index (χ2v) is 4.75. The third-order valence-electron chi connectivity index (χ3n) is 2.71. The standard InChI is InChI=1S/C16H17ClN2O4/c1-3-22-11-13(9-18)15(20)19(16(21)23-4-2)10-12-5-7-14(17)8-6-12/h5-8,11H,3-4,10H2,1-2H3/b13-11+. The highest BCUT2D eigenvalue weighted by Crippen LogP contribution is 2.14. The molecule has 0 atom stereocenters. The van der Waals surface area contributed by atoms with E-state index in [9.17, 15) is 9.59 Å². The summed E-state index contributed by atoms with van der Waals surface area (Å²) in [5.74, 6) is -0.783. The van der Waals surface area contributed by atoms with Crippen LogP contribution in [0.15, 0.2) is 36.1 Å². The van der Waals surface area contributed by atoms with Crippen LogP contribution in [-0.4, -0.2) is 30.1 Å². The Labute approximate surface area is 139 Å². The normalized spacial score (nSPS) is 10.6. The van der Waals surface area contributed by atoms with Crippen molar-refractivity contribution in [1.82, 2.24) is 4.90 Å². The summed E-state index contributed by atoms with van der Waals surface area (Å²) in [4.78, 5) is 25.3. The lowest BCUT2D eigenvalue weighted by Crippen LogP contribution is -2.37. The Morgan fingerprint density at radius 3 is 2.43 bits per heavy atom. The molecular formula is C16H17ClN2O4. The molecule has 7 heteroatoms. The number of amides is 2. The molecule has 122 valence electrons. The van der Waals surface area contributed by atoms with E-state index < -0.39 is 12.0 Å². The highest BCUT2D eigenvalue weighted by Gasteiger charge is 2.26. The zero-order valence-corrected chi connectivity index (χ0v) is 13.7. The Balaban J connectivity index is 3.04. The number of rotatable bonds is 6. The van der Waals surface area contributed by atoms with Gasteiger partial charge in [-0.25, -0.2) is 9.69 Å². The number of halogens is 1. The van der Waals surface area contributed by atoms with Gasteiger partial charge < -0.3 is 9.47 Å². The van der Waals surface area contributed by atoms with Crippen LogP contribution in [0.25, 0.3) is 0 Å². The summed E-state index contributed by atoms with van der Waals surface area (Å²) in [6.07, 6.45) is 0.210. The first-order chi connectivity index (χ1) is 11.0. The van der Waals surface area contributed by atoms with Gasteiger partial charge in [-0.3, -0.25) is 4.79 Å². The smallest absolute Gasteiger partial charge is 0.417 e. The molecular weight excluding hydrogens is 320 g/mol. The molecule has 1 rings (SSSR count). The van der Waals surface area contributed by atoms with Crippen molar-refractivity contribution in [2.45, 2.75) is 20.4 Å². The molecule has 0 spiro atoms. The topological polar surface area (TPSA) is 79.6 Å². The molecule has 0 radical (unpaired) electrons. The van der Waals surface area contributed by atoms with Gasteiger partial charge >= 0.3 is 6.09 Å². The van der Waals surface area contributed by atoms with Gasteiger partial charge in [-0.15, -0.1) is 0 Å². The van der Waals surface area contributed by atoms with Crippen molar-refractivity contribution in [2.75, 3.05) is 13.2 Å². The average Bonchev–Trinajstić information content (AvgIpc) is 2.55. The minimum absolute atomic E-state index is 0.0417. The van der Waals surface area contributed by atoms with E-state index in [2.05, 4.69) is 0 Å². The number of ether oxygens (including phenoxy) is 2. The highest BCUT2D eigenvalue weighted by atomic mass is 35.5. The number of hydrogen-bond acceptors (Lipinski definition) is 5. The maximum atomic E-state index is 12.4. The van der Waals surface area contributed by atoms with Gasteiger partial charge in [-0.2, -0.15) is 5.26 Å². The van der Waals surface area contributed by atoms with E-state index in [-0.39, 0.29) is 18.7 Å². The zero-order valence-electron chi connectivity index (χ0n) is 12.9. The van der Waals surface area contributed by atoms with Gasteiger partial charge in [0.1, 0.15) is 12.3 Å². The fourth-order valence-corrected chi connectivity index (χ4v) is 1.76. The van der Waals surface area contributed by atoms with Gasteiger partial charge in [0, 0.05) is 5.02 Å². The number of imide groups is 1. The highest BCUT2D eigenvalue weighted by molar-refractivity contribution is 6.30. The van der Waals surface area contributed by atoms with E-state index in [0.717, 1.165) is 11.2 Å². The maximum Gasteiger partial charge on any atom is 0.417 e. The molecule has 0 bridgehead atoms. The van der Waals surface area contributed by atoms with Gasteiger partial charge in [0.25, 0.3) is 5.91 Å².